The number of benzene rings is 3. The van der Waals surface area contributed by atoms with Gasteiger partial charge < -0.3 is 9.84 Å². The number of ether oxygens (including phenoxy) is 1. The van der Waals surface area contributed by atoms with Gasteiger partial charge in [0.25, 0.3) is 0 Å². The average Bonchev–Trinajstić information content (AvgIpc) is 2.87. The molecule has 0 amide bonds. The molecule has 0 bridgehead atoms. The number of carboxylic acid groups (broad SMARTS) is 1. The van der Waals surface area contributed by atoms with Gasteiger partial charge in [-0.25, -0.2) is 0 Å². The van der Waals surface area contributed by atoms with Crippen molar-refractivity contribution < 1.29 is 14.6 Å². The molecular weight excluding hydrogens is 432 g/mol. The lowest BCUT2D eigenvalue weighted by Crippen LogP contribution is -2.17. The van der Waals surface area contributed by atoms with Crippen molar-refractivity contribution in [1.82, 2.24) is 0 Å². The second kappa shape index (κ2) is 15.4. The zero-order valence-corrected chi connectivity index (χ0v) is 21.6. The van der Waals surface area contributed by atoms with Gasteiger partial charge in [0.15, 0.2) is 0 Å². The second-order valence-corrected chi connectivity index (χ2v) is 10.00. The Morgan fingerprint density at radius 3 is 1.74 bits per heavy atom. The molecule has 0 aliphatic heterocycles. The molecule has 0 saturated carbocycles. The van der Waals surface area contributed by atoms with Gasteiger partial charge >= 0.3 is 5.97 Å². The Labute approximate surface area is 211 Å². The monoisotopic (exact) mass is 476 g/mol. The van der Waals surface area contributed by atoms with Gasteiger partial charge in [-0.3, -0.25) is 4.79 Å². The van der Waals surface area contributed by atoms with Crippen LogP contribution in [-0.4, -0.2) is 17.2 Å². The van der Waals surface area contributed by atoms with Crippen LogP contribution in [0, 0.1) is 0 Å². The zero-order valence-electron chi connectivity index (χ0n) is 21.6. The van der Waals surface area contributed by atoms with E-state index in [4.69, 9.17) is 9.84 Å². The van der Waals surface area contributed by atoms with Gasteiger partial charge in [0, 0.05) is 17.2 Å². The predicted molar refractivity (Wildman–Crippen MR) is 148 cm³/mol. The molecular formula is C32H44O3. The summed E-state index contributed by atoms with van der Waals surface area (Å²) in [7, 11) is 0. The summed E-state index contributed by atoms with van der Waals surface area (Å²) < 4.78 is 6.86. The number of unbranched alkanes of at least 4 members (excludes halogenated alkanes) is 10. The first kappa shape index (κ1) is 27.0. The summed E-state index contributed by atoms with van der Waals surface area (Å²) >= 11 is 0. The molecule has 3 aromatic carbocycles. The average molecular weight is 477 g/mol. The lowest BCUT2D eigenvalue weighted by atomic mass is 10.00. The first-order chi connectivity index (χ1) is 17.2. The molecule has 3 rings (SSSR count). The van der Waals surface area contributed by atoms with Gasteiger partial charge in [0.2, 0.25) is 0 Å². The highest BCUT2D eigenvalue weighted by atomic mass is 16.5. The van der Waals surface area contributed by atoms with E-state index in [1.807, 2.05) is 0 Å². The maximum atomic E-state index is 10.6. The van der Waals surface area contributed by atoms with E-state index in [2.05, 4.69) is 61.5 Å². The molecule has 0 aliphatic rings. The van der Waals surface area contributed by atoms with E-state index in [-0.39, 0.29) is 6.10 Å². The van der Waals surface area contributed by atoms with E-state index in [1.54, 1.807) is 0 Å². The van der Waals surface area contributed by atoms with E-state index < -0.39 is 5.97 Å². The highest BCUT2D eigenvalue weighted by Crippen LogP contribution is 2.36. The highest BCUT2D eigenvalue weighted by Gasteiger charge is 2.15. The molecule has 1 atom stereocenters. The number of hydrogen-bond donors (Lipinski definition) is 1. The smallest absolute Gasteiger partial charge is 0.303 e. The molecule has 0 fully saturated rings. The van der Waals surface area contributed by atoms with Crippen LogP contribution in [0.2, 0.25) is 0 Å². The molecule has 0 radical (unpaired) electrons. The summed E-state index contributed by atoms with van der Waals surface area (Å²) in [6.07, 6.45) is 17.1. The Hall–Kier alpha value is -2.55. The van der Waals surface area contributed by atoms with Crippen LogP contribution >= 0.6 is 0 Å². The fraction of sp³-hybridized carbons (Fsp3) is 0.531. The highest BCUT2D eigenvalue weighted by molar-refractivity contribution is 6.05. The zero-order chi connectivity index (χ0) is 24.7. The molecule has 0 aromatic heterocycles. The Morgan fingerprint density at radius 1 is 0.714 bits per heavy atom. The van der Waals surface area contributed by atoms with Crippen LogP contribution in [0.5, 0.6) is 5.75 Å². The van der Waals surface area contributed by atoms with E-state index in [9.17, 15) is 4.79 Å². The molecule has 35 heavy (non-hydrogen) atoms. The summed E-state index contributed by atoms with van der Waals surface area (Å²) in [6, 6.07) is 19.5. The maximum absolute atomic E-state index is 10.6. The molecule has 0 saturated heterocycles. The van der Waals surface area contributed by atoms with Gasteiger partial charge in [-0.2, -0.15) is 0 Å². The van der Waals surface area contributed by atoms with Crippen molar-refractivity contribution >= 4 is 27.5 Å². The fourth-order valence-corrected chi connectivity index (χ4v) is 5.04. The van der Waals surface area contributed by atoms with Crippen LogP contribution in [0.25, 0.3) is 21.5 Å². The number of carboxylic acids is 1. The van der Waals surface area contributed by atoms with Crippen LogP contribution in [0.15, 0.2) is 54.6 Å². The van der Waals surface area contributed by atoms with Crippen molar-refractivity contribution in [2.24, 2.45) is 0 Å². The lowest BCUT2D eigenvalue weighted by molar-refractivity contribution is -0.137. The Kier molecular flexibility index (Phi) is 11.9. The topological polar surface area (TPSA) is 46.5 Å². The van der Waals surface area contributed by atoms with Crippen LogP contribution in [0.4, 0.5) is 0 Å². The number of aliphatic carboxylic acids is 1. The minimum atomic E-state index is -0.673. The normalized spacial score (nSPS) is 12.3. The first-order valence-corrected chi connectivity index (χ1v) is 14.0. The molecule has 0 spiro atoms. The molecule has 0 heterocycles. The van der Waals surface area contributed by atoms with Crippen molar-refractivity contribution in [2.45, 2.75) is 109 Å². The Morgan fingerprint density at radius 2 is 1.20 bits per heavy atom. The van der Waals surface area contributed by atoms with Gasteiger partial charge in [-0.05, 0) is 48.9 Å². The largest absolute Gasteiger partial charge is 0.489 e. The number of hydrogen-bond acceptors (Lipinski definition) is 2. The van der Waals surface area contributed by atoms with E-state index >= 15 is 0 Å². The van der Waals surface area contributed by atoms with E-state index in [1.165, 1.54) is 79.3 Å². The number of rotatable bonds is 18. The quantitative estimate of drug-likeness (QED) is 0.147. The van der Waals surface area contributed by atoms with Crippen molar-refractivity contribution in [3.63, 3.8) is 0 Å². The molecule has 3 nitrogen and oxygen atoms in total. The number of carbonyl (C=O) groups is 1. The van der Waals surface area contributed by atoms with Crippen LogP contribution in [-0.2, 0) is 4.79 Å². The summed E-state index contributed by atoms with van der Waals surface area (Å²) in [6.45, 7) is 2.27. The van der Waals surface area contributed by atoms with Crippen LogP contribution in [0.3, 0.4) is 0 Å². The summed E-state index contributed by atoms with van der Waals surface area (Å²) in [5, 5.41) is 13.6. The van der Waals surface area contributed by atoms with Gasteiger partial charge in [0.05, 0.1) is 6.10 Å². The predicted octanol–water partition coefficient (Wildman–Crippen LogP) is 9.70. The van der Waals surface area contributed by atoms with E-state index in [0.717, 1.165) is 37.9 Å². The van der Waals surface area contributed by atoms with Crippen molar-refractivity contribution in [2.75, 3.05) is 0 Å². The van der Waals surface area contributed by atoms with E-state index in [0.29, 0.717) is 6.42 Å². The molecule has 0 aliphatic carbocycles. The Bertz CT molecular complexity index is 972. The lowest BCUT2D eigenvalue weighted by Gasteiger charge is -2.22. The molecule has 0 unspecified atom stereocenters. The van der Waals surface area contributed by atoms with Crippen molar-refractivity contribution in [1.29, 1.82) is 0 Å². The minimum Gasteiger partial charge on any atom is -0.489 e. The molecule has 1 N–H and O–H groups in total. The third-order valence-corrected chi connectivity index (χ3v) is 7.05. The standard InChI is InChI=1S/C32H44O3/c1-2-3-4-11-20-28(21-12-9-7-5-6-8-10-13-24-31(33)34)35-32-29-22-16-14-18-26(29)25-27-19-15-17-23-30(27)32/h14-19,22-23,25,28H,2-13,20-21,24H2,1H3,(H,33,34)/t28-/m1/s1. The molecule has 190 valence electrons. The molecule has 3 heteroatoms. The van der Waals surface area contributed by atoms with Crippen molar-refractivity contribution in [3.05, 3.63) is 54.6 Å². The Balaban J connectivity index is 1.55. The maximum Gasteiger partial charge on any atom is 0.303 e. The summed E-state index contributed by atoms with van der Waals surface area (Å²) in [4.78, 5) is 10.6. The van der Waals surface area contributed by atoms with Gasteiger partial charge in [-0.1, -0.05) is 113 Å². The third-order valence-electron chi connectivity index (χ3n) is 7.05. The fourth-order valence-electron chi connectivity index (χ4n) is 5.04. The first-order valence-electron chi connectivity index (χ1n) is 14.0. The van der Waals surface area contributed by atoms with Gasteiger partial charge in [-0.15, -0.1) is 0 Å². The van der Waals surface area contributed by atoms with Crippen LogP contribution in [0.1, 0.15) is 103 Å². The summed E-state index contributed by atoms with van der Waals surface area (Å²) in [5.41, 5.74) is 0. The van der Waals surface area contributed by atoms with Crippen molar-refractivity contribution in [3.8, 4) is 5.75 Å². The molecule has 3 aromatic rings. The van der Waals surface area contributed by atoms with Crippen LogP contribution < -0.4 is 4.74 Å². The second-order valence-electron chi connectivity index (χ2n) is 10.00. The minimum absolute atomic E-state index is 0.261. The summed E-state index contributed by atoms with van der Waals surface area (Å²) in [5.74, 6) is 0.383. The van der Waals surface area contributed by atoms with Gasteiger partial charge in [0.1, 0.15) is 5.75 Å². The third kappa shape index (κ3) is 9.20. The SMILES string of the molecule is CCCCCC[C@H](CCCCCCCCCCC(=O)O)Oc1c2ccccc2cc2ccccc12. The number of fused-ring (bicyclic) bond motifs is 2.